The molecular weight excluding hydrogens is 364 g/mol. The largest absolute Gasteiger partial charge is 0.726 e. The molecule has 10 heteroatoms. The Bertz CT molecular complexity index is 803. The summed E-state index contributed by atoms with van der Waals surface area (Å²) >= 11 is 1.51. The molecule has 0 amide bonds. The maximum Gasteiger partial charge on any atom is 0.408 e. The summed E-state index contributed by atoms with van der Waals surface area (Å²) in [5.74, 6) is 0. The summed E-state index contributed by atoms with van der Waals surface area (Å²) in [6, 6.07) is 7.59. The molecule has 25 heavy (non-hydrogen) atoms. The zero-order valence-corrected chi connectivity index (χ0v) is 15.7. The molecule has 0 radical (unpaired) electrons. The summed E-state index contributed by atoms with van der Waals surface area (Å²) in [5, 5.41) is 11.2. The van der Waals surface area contributed by atoms with Crippen molar-refractivity contribution in [3.8, 4) is 0 Å². The van der Waals surface area contributed by atoms with Gasteiger partial charge in [-0.3, -0.25) is 4.18 Å². The monoisotopic (exact) mass is 384 g/mol. The third-order valence-electron chi connectivity index (χ3n) is 3.41. The van der Waals surface area contributed by atoms with Crippen LogP contribution in [-0.4, -0.2) is 32.7 Å². The van der Waals surface area contributed by atoms with E-state index in [4.69, 9.17) is 0 Å². The van der Waals surface area contributed by atoms with Crippen LogP contribution in [0, 0.1) is 0 Å². The molecule has 0 aliphatic carbocycles. The number of nitrogens with zero attached hydrogens (tertiary/aromatic N) is 4. The lowest BCUT2D eigenvalue weighted by Gasteiger charge is -2.23. The minimum Gasteiger partial charge on any atom is -0.726 e. The van der Waals surface area contributed by atoms with Crippen LogP contribution < -0.4 is 9.47 Å². The van der Waals surface area contributed by atoms with E-state index in [9.17, 15) is 13.0 Å². The van der Waals surface area contributed by atoms with E-state index in [0.29, 0.717) is 13.0 Å². The van der Waals surface area contributed by atoms with Crippen molar-refractivity contribution in [2.24, 2.45) is 17.3 Å². The van der Waals surface area contributed by atoms with Gasteiger partial charge in [0.25, 0.3) is 0 Å². The molecule has 0 aliphatic rings. The minimum atomic E-state index is -4.62. The van der Waals surface area contributed by atoms with Crippen LogP contribution in [0.4, 0.5) is 16.5 Å². The van der Waals surface area contributed by atoms with Gasteiger partial charge in [0, 0.05) is 24.2 Å². The molecule has 2 rings (SSSR count). The Morgan fingerprint density at radius 3 is 2.56 bits per heavy atom. The Balaban J connectivity index is 1.92. The van der Waals surface area contributed by atoms with Gasteiger partial charge in [-0.25, -0.2) is 13.0 Å². The van der Waals surface area contributed by atoms with Gasteiger partial charge in [-0.2, -0.15) is 0 Å². The fourth-order valence-electron chi connectivity index (χ4n) is 2.14. The average molecular weight is 384 g/mol. The Labute approximate surface area is 151 Å². The van der Waals surface area contributed by atoms with Crippen LogP contribution in [0.15, 0.2) is 46.1 Å². The zero-order valence-electron chi connectivity index (χ0n) is 14.0. The Morgan fingerprint density at radius 2 is 2.00 bits per heavy atom. The lowest BCUT2D eigenvalue weighted by Crippen LogP contribution is -2.25. The average Bonchev–Trinajstić information content (AvgIpc) is 2.98. The number of thiazole rings is 1. The van der Waals surface area contributed by atoms with Gasteiger partial charge in [0.15, 0.2) is 0 Å². The quantitative estimate of drug-likeness (QED) is 0.218. The van der Waals surface area contributed by atoms with Crippen molar-refractivity contribution < 1.29 is 21.7 Å². The summed E-state index contributed by atoms with van der Waals surface area (Å²) in [4.78, 5) is 2.06. The molecule has 0 atom stereocenters. The molecule has 1 heterocycles. The molecule has 1 aromatic carbocycles. The summed E-state index contributed by atoms with van der Waals surface area (Å²) in [6.07, 6.45) is 2.36. The van der Waals surface area contributed by atoms with E-state index in [1.807, 2.05) is 54.4 Å². The van der Waals surface area contributed by atoms with Gasteiger partial charge < -0.3 is 9.45 Å². The van der Waals surface area contributed by atoms with Crippen LogP contribution in [-0.2, 0) is 21.6 Å². The van der Waals surface area contributed by atoms with Gasteiger partial charge in [0.05, 0.1) is 18.8 Å². The van der Waals surface area contributed by atoms with Crippen LogP contribution in [0.5, 0.6) is 0 Å². The van der Waals surface area contributed by atoms with Crippen molar-refractivity contribution in [1.29, 1.82) is 0 Å². The first-order chi connectivity index (χ1) is 11.9. The Hall–Kier alpha value is -1.88. The molecule has 2 aromatic rings. The fourth-order valence-corrected chi connectivity index (χ4v) is 3.14. The lowest BCUT2D eigenvalue weighted by atomic mass is 10.2. The standard InChI is InChI=1S/C15H20N4O4S2/c1-3-19(9-4-11-23-25(20,21)22)14-7-5-13(6-8-14)16-17-15-18(2)10-12-24-15/h5-8,10,12H,3-4,9,11H2,1-2H3. The summed E-state index contributed by atoms with van der Waals surface area (Å²) in [5.41, 5.74) is 1.72. The van der Waals surface area contributed by atoms with Gasteiger partial charge in [0.1, 0.15) is 11.9 Å². The first kappa shape index (κ1) is 19.4. The second-order valence-corrected chi connectivity index (χ2v) is 7.10. The van der Waals surface area contributed by atoms with E-state index in [2.05, 4.69) is 19.3 Å². The van der Waals surface area contributed by atoms with E-state index in [-0.39, 0.29) is 6.61 Å². The zero-order chi connectivity index (χ0) is 18.3. The predicted octanol–water partition coefficient (Wildman–Crippen LogP) is 2.68. The van der Waals surface area contributed by atoms with Gasteiger partial charge in [0.2, 0.25) is 10.4 Å². The molecule has 0 N–H and O–H groups in total. The molecule has 1 aromatic heterocycles. The van der Waals surface area contributed by atoms with Crippen LogP contribution in [0.2, 0.25) is 0 Å². The topological polar surface area (TPSA) is 98.3 Å². The highest BCUT2D eigenvalue weighted by Gasteiger charge is 2.08. The van der Waals surface area contributed by atoms with Crippen molar-refractivity contribution in [2.45, 2.75) is 13.3 Å². The molecule has 0 unspecified atom stereocenters. The Morgan fingerprint density at radius 1 is 1.28 bits per heavy atom. The van der Waals surface area contributed by atoms with Gasteiger partial charge >= 0.3 is 5.13 Å². The van der Waals surface area contributed by atoms with E-state index in [1.54, 1.807) is 0 Å². The van der Waals surface area contributed by atoms with Gasteiger partial charge in [-0.05, 0) is 54.1 Å². The van der Waals surface area contributed by atoms with E-state index in [1.165, 1.54) is 11.3 Å². The maximum absolute atomic E-state index is 10.4. The van der Waals surface area contributed by atoms with Gasteiger partial charge in [-0.1, -0.05) is 0 Å². The Kier molecular flexibility index (Phi) is 7.00. The van der Waals surface area contributed by atoms with E-state index >= 15 is 0 Å². The lowest BCUT2D eigenvalue weighted by molar-refractivity contribution is -0.654. The smallest absolute Gasteiger partial charge is 0.408 e. The number of azo groups is 1. The normalized spacial score (nSPS) is 12.0. The summed E-state index contributed by atoms with van der Waals surface area (Å²) in [7, 11) is -2.71. The maximum atomic E-state index is 10.4. The number of aromatic nitrogens is 1. The van der Waals surface area contributed by atoms with Crippen LogP contribution in [0.25, 0.3) is 0 Å². The molecule has 0 saturated carbocycles. The van der Waals surface area contributed by atoms with Crippen LogP contribution in [0.3, 0.4) is 0 Å². The molecular formula is C15H20N4O4S2. The third-order valence-corrected chi connectivity index (χ3v) is 4.70. The number of aryl methyl sites for hydroxylation is 1. The first-order valence-electron chi connectivity index (χ1n) is 7.69. The van der Waals surface area contributed by atoms with Crippen LogP contribution >= 0.6 is 11.3 Å². The minimum absolute atomic E-state index is 0.119. The molecule has 8 nitrogen and oxygen atoms in total. The first-order valence-corrected chi connectivity index (χ1v) is 9.90. The second kappa shape index (κ2) is 8.99. The van der Waals surface area contributed by atoms with E-state index in [0.717, 1.165) is 23.1 Å². The third kappa shape index (κ3) is 6.50. The SMILES string of the molecule is CCN(CCCOS(=O)(=O)[O-])c1ccc(N=Nc2scc[n+]2C)cc1. The number of rotatable bonds is 9. The molecule has 0 aliphatic heterocycles. The van der Waals surface area contributed by atoms with Gasteiger partial charge in [-0.15, -0.1) is 0 Å². The number of hydrogen-bond donors (Lipinski definition) is 0. The summed E-state index contributed by atoms with van der Waals surface area (Å²) in [6.45, 7) is 3.20. The predicted molar refractivity (Wildman–Crippen MR) is 94.3 cm³/mol. The van der Waals surface area contributed by atoms with Crippen molar-refractivity contribution >= 4 is 38.2 Å². The van der Waals surface area contributed by atoms with Crippen molar-refractivity contribution in [1.82, 2.24) is 0 Å². The van der Waals surface area contributed by atoms with Crippen molar-refractivity contribution in [2.75, 3.05) is 24.6 Å². The molecule has 0 bridgehead atoms. The summed E-state index contributed by atoms with van der Waals surface area (Å²) < 4.78 is 37.3. The molecule has 0 fully saturated rings. The molecule has 0 saturated heterocycles. The molecule has 0 spiro atoms. The highest BCUT2D eigenvalue weighted by molar-refractivity contribution is 7.80. The van der Waals surface area contributed by atoms with Crippen LogP contribution in [0.1, 0.15) is 13.3 Å². The van der Waals surface area contributed by atoms with Crippen molar-refractivity contribution in [3.05, 3.63) is 35.8 Å². The highest BCUT2D eigenvalue weighted by Crippen LogP contribution is 2.22. The van der Waals surface area contributed by atoms with E-state index < -0.39 is 10.4 Å². The highest BCUT2D eigenvalue weighted by atomic mass is 32.3. The number of anilines is 1. The number of benzene rings is 1. The number of hydrogen-bond acceptors (Lipinski definition) is 8. The van der Waals surface area contributed by atoms with Crippen molar-refractivity contribution in [3.63, 3.8) is 0 Å². The second-order valence-electron chi connectivity index (χ2n) is 5.18. The molecule has 136 valence electrons. The fraction of sp³-hybridized carbons (Fsp3) is 0.400.